The Morgan fingerprint density at radius 2 is 2.16 bits per heavy atom. The predicted octanol–water partition coefficient (Wildman–Crippen LogP) is 2.21. The first-order valence-corrected chi connectivity index (χ1v) is 8.04. The number of rotatable bonds is 2. The van der Waals surface area contributed by atoms with Gasteiger partial charge in [0, 0.05) is 10.8 Å². The van der Waals surface area contributed by atoms with Crippen molar-refractivity contribution in [3.8, 4) is 0 Å². The van der Waals surface area contributed by atoms with Gasteiger partial charge >= 0.3 is 0 Å². The molecule has 0 radical (unpaired) electrons. The van der Waals surface area contributed by atoms with E-state index in [1.165, 1.54) is 17.0 Å². The van der Waals surface area contributed by atoms with E-state index < -0.39 is 0 Å². The summed E-state index contributed by atoms with van der Waals surface area (Å²) in [7, 11) is 0. The van der Waals surface area contributed by atoms with E-state index in [0.29, 0.717) is 0 Å². The Bertz CT molecular complexity index is 465. The van der Waals surface area contributed by atoms with Crippen molar-refractivity contribution in [2.75, 3.05) is 18.4 Å². The number of nitrogens with zero attached hydrogens (tertiary/aromatic N) is 1. The average Bonchev–Trinajstić information content (AvgIpc) is 2.81. The van der Waals surface area contributed by atoms with Gasteiger partial charge in [-0.05, 0) is 51.1 Å². The molecule has 0 saturated carbocycles. The van der Waals surface area contributed by atoms with Crippen molar-refractivity contribution >= 4 is 22.4 Å². The number of thiazole rings is 1. The Balaban J connectivity index is 1.65. The van der Waals surface area contributed by atoms with Crippen molar-refractivity contribution in [2.24, 2.45) is 11.8 Å². The third-order valence-corrected chi connectivity index (χ3v) is 5.16. The van der Waals surface area contributed by atoms with Gasteiger partial charge in [-0.3, -0.25) is 4.79 Å². The lowest BCUT2D eigenvalue weighted by atomic mass is 9.93. The maximum Gasteiger partial charge on any atom is 0.229 e. The van der Waals surface area contributed by atoms with Crippen LogP contribution in [0.25, 0.3) is 0 Å². The molecule has 1 aromatic rings. The van der Waals surface area contributed by atoms with Crippen molar-refractivity contribution in [3.63, 3.8) is 0 Å². The van der Waals surface area contributed by atoms with E-state index in [2.05, 4.69) is 22.5 Å². The fourth-order valence-electron chi connectivity index (χ4n) is 2.88. The van der Waals surface area contributed by atoms with Crippen LogP contribution in [-0.4, -0.2) is 24.0 Å². The lowest BCUT2D eigenvalue weighted by molar-refractivity contribution is -0.120. The summed E-state index contributed by atoms with van der Waals surface area (Å²) in [5.74, 6) is 1.06. The zero-order valence-electron chi connectivity index (χ0n) is 11.4. The third-order valence-electron chi connectivity index (χ3n) is 4.13. The molecule has 104 valence electrons. The Morgan fingerprint density at radius 3 is 2.95 bits per heavy atom. The van der Waals surface area contributed by atoms with Gasteiger partial charge in [0.2, 0.25) is 5.91 Å². The molecule has 1 atom stereocenters. The number of nitrogens with one attached hydrogen (secondary N) is 2. The molecule has 0 aromatic carbocycles. The highest BCUT2D eigenvalue weighted by Gasteiger charge is 2.24. The highest BCUT2D eigenvalue weighted by atomic mass is 32.1. The minimum absolute atomic E-state index is 0.153. The van der Waals surface area contributed by atoms with E-state index in [4.69, 9.17) is 0 Å². The number of hydrogen-bond donors (Lipinski definition) is 2. The highest BCUT2D eigenvalue weighted by Crippen LogP contribution is 2.32. The van der Waals surface area contributed by atoms with Crippen LogP contribution in [0.15, 0.2) is 0 Å². The zero-order chi connectivity index (χ0) is 13.2. The van der Waals surface area contributed by atoms with Crippen molar-refractivity contribution in [1.82, 2.24) is 10.3 Å². The molecular formula is C14H21N3OS. The van der Waals surface area contributed by atoms with Crippen LogP contribution in [-0.2, 0) is 17.6 Å². The van der Waals surface area contributed by atoms with Gasteiger partial charge in [0.25, 0.3) is 0 Å². The number of aryl methyl sites for hydroxylation is 1. The summed E-state index contributed by atoms with van der Waals surface area (Å²) in [6, 6.07) is 0. The smallest absolute Gasteiger partial charge is 0.229 e. The van der Waals surface area contributed by atoms with Crippen LogP contribution >= 0.6 is 11.3 Å². The van der Waals surface area contributed by atoms with Gasteiger partial charge in [-0.1, -0.05) is 6.92 Å². The number of hydrogen-bond acceptors (Lipinski definition) is 4. The van der Waals surface area contributed by atoms with Crippen molar-refractivity contribution in [1.29, 1.82) is 0 Å². The second-order valence-electron chi connectivity index (χ2n) is 5.75. The zero-order valence-corrected chi connectivity index (χ0v) is 12.2. The first-order chi connectivity index (χ1) is 9.22. The van der Waals surface area contributed by atoms with Gasteiger partial charge in [-0.25, -0.2) is 4.98 Å². The van der Waals surface area contributed by atoms with Gasteiger partial charge in [0.05, 0.1) is 5.69 Å². The van der Waals surface area contributed by atoms with Crippen LogP contribution in [0.4, 0.5) is 5.13 Å². The second kappa shape index (κ2) is 5.59. The summed E-state index contributed by atoms with van der Waals surface area (Å²) in [5, 5.41) is 7.12. The summed E-state index contributed by atoms with van der Waals surface area (Å²) in [5.41, 5.74) is 1.21. The fraction of sp³-hybridized carbons (Fsp3) is 0.714. The minimum Gasteiger partial charge on any atom is -0.317 e. The van der Waals surface area contributed by atoms with E-state index in [-0.39, 0.29) is 11.8 Å². The van der Waals surface area contributed by atoms with Gasteiger partial charge in [0.1, 0.15) is 0 Å². The van der Waals surface area contributed by atoms with Crippen LogP contribution in [0.3, 0.4) is 0 Å². The minimum atomic E-state index is 0.153. The van der Waals surface area contributed by atoms with Crippen LogP contribution in [0, 0.1) is 11.8 Å². The van der Waals surface area contributed by atoms with Crippen LogP contribution < -0.4 is 10.6 Å². The maximum atomic E-state index is 12.2. The average molecular weight is 279 g/mol. The quantitative estimate of drug-likeness (QED) is 0.872. The van der Waals surface area contributed by atoms with E-state index in [1.54, 1.807) is 11.3 Å². The maximum absolute atomic E-state index is 12.2. The molecule has 3 rings (SSSR count). The molecule has 19 heavy (non-hydrogen) atoms. The summed E-state index contributed by atoms with van der Waals surface area (Å²) in [6.07, 6.45) is 5.28. The molecule has 0 spiro atoms. The van der Waals surface area contributed by atoms with E-state index in [0.717, 1.165) is 49.8 Å². The number of fused-ring (bicyclic) bond motifs is 1. The predicted molar refractivity (Wildman–Crippen MR) is 77.5 cm³/mol. The summed E-state index contributed by atoms with van der Waals surface area (Å²) in [6.45, 7) is 4.18. The lowest BCUT2D eigenvalue weighted by Crippen LogP contribution is -2.34. The Hall–Kier alpha value is -0.940. The molecule has 1 aromatic heterocycles. The van der Waals surface area contributed by atoms with Crippen LogP contribution in [0.5, 0.6) is 0 Å². The van der Waals surface area contributed by atoms with Gasteiger partial charge < -0.3 is 10.6 Å². The normalized spacial score (nSPS) is 23.9. The Kier molecular flexibility index (Phi) is 3.84. The first kappa shape index (κ1) is 13.1. The van der Waals surface area contributed by atoms with Gasteiger partial charge in [-0.15, -0.1) is 11.3 Å². The van der Waals surface area contributed by atoms with E-state index in [1.807, 2.05) is 0 Å². The summed E-state index contributed by atoms with van der Waals surface area (Å²) >= 11 is 1.67. The van der Waals surface area contributed by atoms with Crippen molar-refractivity contribution in [2.45, 2.75) is 39.0 Å². The Labute approximate surface area is 118 Å². The van der Waals surface area contributed by atoms with Crippen LogP contribution in [0.2, 0.25) is 0 Å². The number of carbonyl (C=O) groups is 1. The van der Waals surface area contributed by atoms with Crippen molar-refractivity contribution < 1.29 is 4.79 Å². The molecule has 1 aliphatic heterocycles. The van der Waals surface area contributed by atoms with Gasteiger partial charge in [0.15, 0.2) is 5.13 Å². The lowest BCUT2D eigenvalue weighted by Gasteiger charge is -2.20. The largest absolute Gasteiger partial charge is 0.317 e. The molecule has 0 bridgehead atoms. The Morgan fingerprint density at radius 1 is 1.37 bits per heavy atom. The molecule has 2 N–H and O–H groups in total. The number of carbonyl (C=O) groups excluding carboxylic acids is 1. The highest BCUT2D eigenvalue weighted by molar-refractivity contribution is 7.15. The van der Waals surface area contributed by atoms with E-state index in [9.17, 15) is 4.79 Å². The second-order valence-corrected chi connectivity index (χ2v) is 6.83. The molecular weight excluding hydrogens is 258 g/mol. The molecule has 1 aliphatic carbocycles. The number of piperidine rings is 1. The fourth-order valence-corrected chi connectivity index (χ4v) is 4.06. The number of amides is 1. The molecule has 1 fully saturated rings. The molecule has 4 nitrogen and oxygen atoms in total. The van der Waals surface area contributed by atoms with E-state index >= 15 is 0 Å². The SMILES string of the molecule is CC1CCc2nc(NC(=O)C3CCNCC3)sc2C1. The number of anilines is 1. The summed E-state index contributed by atoms with van der Waals surface area (Å²) in [4.78, 5) is 18.1. The van der Waals surface area contributed by atoms with Crippen LogP contribution in [0.1, 0.15) is 36.8 Å². The molecule has 5 heteroatoms. The molecule has 2 heterocycles. The molecule has 1 saturated heterocycles. The molecule has 2 aliphatic rings. The molecule has 1 amide bonds. The summed E-state index contributed by atoms with van der Waals surface area (Å²) < 4.78 is 0. The topological polar surface area (TPSA) is 54.0 Å². The van der Waals surface area contributed by atoms with Gasteiger partial charge in [-0.2, -0.15) is 0 Å². The third kappa shape index (κ3) is 2.98. The first-order valence-electron chi connectivity index (χ1n) is 7.22. The molecule has 1 unspecified atom stereocenters. The monoisotopic (exact) mass is 279 g/mol. The standard InChI is InChI=1S/C14H21N3OS/c1-9-2-3-11-12(8-9)19-14(16-11)17-13(18)10-4-6-15-7-5-10/h9-10,15H,2-8H2,1H3,(H,16,17,18). The number of aromatic nitrogens is 1. The van der Waals surface area contributed by atoms with Crippen molar-refractivity contribution in [3.05, 3.63) is 10.6 Å².